The average Bonchev–Trinajstić information content (AvgIpc) is 1.42. The van der Waals surface area contributed by atoms with Crippen LogP contribution in [-0.4, -0.2) is 110 Å². The van der Waals surface area contributed by atoms with E-state index in [1.54, 1.807) is 6.92 Å². The third-order valence-electron chi connectivity index (χ3n) is 15.5. The zero-order chi connectivity index (χ0) is 62.9. The van der Waals surface area contributed by atoms with E-state index in [0.717, 1.165) is 64.7 Å². The smallest absolute Gasteiger partial charge is 0.337 e. The molecule has 11 rings (SSSR count). The Kier molecular flexibility index (Phi) is 18.7. The van der Waals surface area contributed by atoms with Crippen LogP contribution in [0.3, 0.4) is 0 Å². The van der Waals surface area contributed by atoms with E-state index in [4.69, 9.17) is 33.2 Å². The molecule has 0 spiro atoms. The highest BCUT2D eigenvalue weighted by Gasteiger charge is 2.49. The first-order valence-corrected chi connectivity index (χ1v) is 27.4. The maximum atomic E-state index is 14.9. The van der Waals surface area contributed by atoms with E-state index in [2.05, 4.69) is 16.0 Å². The van der Waals surface area contributed by atoms with Crippen LogP contribution in [0.25, 0.3) is 0 Å². The highest BCUT2D eigenvalue weighted by atomic mass is 19.2. The number of alkyl halides is 3. The van der Waals surface area contributed by atoms with Gasteiger partial charge in [0, 0.05) is 25.1 Å². The van der Waals surface area contributed by atoms with Crippen molar-refractivity contribution in [1.29, 1.82) is 0 Å². The van der Waals surface area contributed by atoms with E-state index in [1.807, 2.05) is 0 Å². The highest BCUT2D eigenvalue weighted by molar-refractivity contribution is 6.03. The Morgan fingerprint density at radius 1 is 0.483 bits per heavy atom. The van der Waals surface area contributed by atoms with Gasteiger partial charge in [0.2, 0.25) is 0 Å². The summed E-state index contributed by atoms with van der Waals surface area (Å²) in [4.78, 5) is 86.7. The summed E-state index contributed by atoms with van der Waals surface area (Å²) in [7, 11) is 3.30. The molecule has 3 saturated carbocycles. The Bertz CT molecular complexity index is 3470. The highest BCUT2D eigenvalue weighted by Crippen LogP contribution is 2.53. The van der Waals surface area contributed by atoms with Gasteiger partial charge < -0.3 is 49.1 Å². The number of dihydropyridines is 3. The first kappa shape index (κ1) is 62.7. The summed E-state index contributed by atoms with van der Waals surface area (Å²) < 4.78 is 163. The van der Waals surface area contributed by atoms with Gasteiger partial charge in [-0.15, -0.1) is 0 Å². The van der Waals surface area contributed by atoms with Gasteiger partial charge in [0.25, 0.3) is 0 Å². The molecule has 5 aliphatic heterocycles. The van der Waals surface area contributed by atoms with Crippen molar-refractivity contribution in [1.82, 2.24) is 16.0 Å². The van der Waals surface area contributed by atoms with Crippen molar-refractivity contribution in [3.63, 3.8) is 0 Å². The Morgan fingerprint density at radius 2 is 0.816 bits per heavy atom. The number of methoxy groups -OCH3 is 3. The van der Waals surface area contributed by atoms with E-state index in [-0.39, 0.29) is 139 Å². The Balaban J connectivity index is 0.000000157. The molecular formula is C61H56F9N3O14. The van der Waals surface area contributed by atoms with Crippen molar-refractivity contribution in [2.75, 3.05) is 67.8 Å². The summed E-state index contributed by atoms with van der Waals surface area (Å²) in [6.45, 7) is -1.34. The monoisotopic (exact) mass is 1230 g/mol. The summed E-state index contributed by atoms with van der Waals surface area (Å²) >= 11 is 0. The lowest BCUT2D eigenvalue weighted by Gasteiger charge is -2.32. The summed E-state index contributed by atoms with van der Waals surface area (Å²) in [5, 5.41) is 8.03. The van der Waals surface area contributed by atoms with Crippen LogP contribution in [0.1, 0.15) is 121 Å². The second-order valence-electron chi connectivity index (χ2n) is 21.1. The normalized spacial score (nSPS) is 20.4. The molecule has 3 aromatic carbocycles. The molecule has 5 heterocycles. The summed E-state index contributed by atoms with van der Waals surface area (Å²) in [6.07, 6.45) is 4.11. The van der Waals surface area contributed by atoms with Crippen molar-refractivity contribution in [3.05, 3.63) is 172 Å². The number of allylic oxidation sites excluding steroid dienone is 3. The maximum Gasteiger partial charge on any atom is 0.337 e. The van der Waals surface area contributed by atoms with Crippen LogP contribution in [0, 0.1) is 34.9 Å². The molecule has 0 radical (unpaired) electrons. The number of halogens is 9. The number of nitrogens with one attached hydrogen (secondary N) is 3. The minimum atomic E-state index is -1.41. The van der Waals surface area contributed by atoms with Gasteiger partial charge in [-0.1, -0.05) is 0 Å². The van der Waals surface area contributed by atoms with Crippen molar-refractivity contribution in [2.24, 2.45) is 0 Å². The number of benzene rings is 3. The Labute approximate surface area is 490 Å². The molecule has 0 bridgehead atoms. The molecule has 3 fully saturated rings. The molecule has 3 aromatic rings. The molecule has 8 aliphatic rings. The van der Waals surface area contributed by atoms with E-state index < -0.39 is 121 Å². The number of esters is 7. The van der Waals surface area contributed by atoms with Gasteiger partial charge in [-0.3, -0.25) is 4.79 Å². The summed E-state index contributed by atoms with van der Waals surface area (Å²) in [5.74, 6) is -14.9. The van der Waals surface area contributed by atoms with Gasteiger partial charge in [0.1, 0.15) is 74.7 Å². The SMILES string of the molecule is CCOC(=O)C1=C(COC(C)=O)NC(CF)=C(C(=O)OC)C1c1cc(F)cc(F)c1C1CC1.COC(=O)C1=C(CF)NC2=C(C(=O)OC2)[C@@H]1c1cc(F)cc(F)c1C1CC1.COC(=O)C1=C(CF)NC2=C(C(=O)OC2)[C@H]1c1cc(F)cc(F)c1C1CC1. The van der Waals surface area contributed by atoms with Crippen molar-refractivity contribution >= 4 is 41.8 Å². The maximum absolute atomic E-state index is 14.9. The molecule has 462 valence electrons. The summed E-state index contributed by atoms with van der Waals surface area (Å²) in [6, 6.07) is 5.50. The number of carbonyl (C=O) groups is 7. The lowest BCUT2D eigenvalue weighted by Crippen LogP contribution is -2.36. The molecule has 26 heteroatoms. The molecule has 3 atom stereocenters. The molecule has 17 nitrogen and oxygen atoms in total. The van der Waals surface area contributed by atoms with Gasteiger partial charge in [-0.05, 0) is 115 Å². The van der Waals surface area contributed by atoms with Crippen LogP contribution in [0.4, 0.5) is 39.5 Å². The predicted molar refractivity (Wildman–Crippen MR) is 284 cm³/mol. The van der Waals surface area contributed by atoms with E-state index in [1.165, 1.54) is 0 Å². The fraction of sp³-hybridized carbons (Fsp3) is 0.393. The third-order valence-corrected chi connectivity index (χ3v) is 15.5. The van der Waals surface area contributed by atoms with Gasteiger partial charge in [-0.2, -0.15) is 0 Å². The second kappa shape index (κ2) is 26.0. The number of rotatable bonds is 16. The minimum Gasteiger partial charge on any atom is -0.466 e. The van der Waals surface area contributed by atoms with Gasteiger partial charge in [0.05, 0.1) is 113 Å². The van der Waals surface area contributed by atoms with E-state index >= 15 is 0 Å². The van der Waals surface area contributed by atoms with E-state index in [9.17, 15) is 73.1 Å². The van der Waals surface area contributed by atoms with Crippen molar-refractivity contribution in [2.45, 2.75) is 87.9 Å². The number of hydrogen-bond donors (Lipinski definition) is 3. The first-order chi connectivity index (χ1) is 41.6. The van der Waals surface area contributed by atoms with Gasteiger partial charge >= 0.3 is 41.8 Å². The molecule has 0 aromatic heterocycles. The van der Waals surface area contributed by atoms with Crippen LogP contribution in [0.15, 0.2) is 104 Å². The topological polar surface area (TPSA) is 220 Å². The molecule has 0 amide bonds. The van der Waals surface area contributed by atoms with Crippen LogP contribution in [0.2, 0.25) is 0 Å². The number of carbonyl (C=O) groups excluding carboxylic acids is 7. The van der Waals surface area contributed by atoms with Crippen molar-refractivity contribution < 1.29 is 106 Å². The number of ether oxygens (including phenoxy) is 7. The fourth-order valence-corrected chi connectivity index (χ4v) is 11.5. The summed E-state index contributed by atoms with van der Waals surface area (Å²) in [5.41, 5.74) is 0.153. The quantitative estimate of drug-likeness (QED) is 0.0693. The van der Waals surface area contributed by atoms with Crippen LogP contribution in [-0.2, 0) is 66.7 Å². The number of hydrogen-bond acceptors (Lipinski definition) is 17. The van der Waals surface area contributed by atoms with Gasteiger partial charge in [0.15, 0.2) is 0 Å². The lowest BCUT2D eigenvalue weighted by molar-refractivity contribution is -0.142. The number of cyclic esters (lactones) is 2. The van der Waals surface area contributed by atoms with E-state index in [0.29, 0.717) is 38.5 Å². The third kappa shape index (κ3) is 12.6. The second-order valence-corrected chi connectivity index (χ2v) is 21.1. The molecular weight excluding hydrogens is 1170 g/mol. The first-order valence-electron chi connectivity index (χ1n) is 27.4. The van der Waals surface area contributed by atoms with Crippen LogP contribution >= 0.6 is 0 Å². The average molecular weight is 1230 g/mol. The lowest BCUT2D eigenvalue weighted by atomic mass is 9.77. The van der Waals surface area contributed by atoms with Crippen LogP contribution in [0.5, 0.6) is 0 Å². The Hall–Kier alpha value is -8.84. The molecule has 87 heavy (non-hydrogen) atoms. The zero-order valence-electron chi connectivity index (χ0n) is 47.2. The molecule has 0 saturated heterocycles. The fourth-order valence-electron chi connectivity index (χ4n) is 11.5. The largest absolute Gasteiger partial charge is 0.466 e. The molecule has 3 aliphatic carbocycles. The van der Waals surface area contributed by atoms with Gasteiger partial charge in [-0.25, -0.2) is 68.3 Å². The zero-order valence-corrected chi connectivity index (χ0v) is 47.2. The van der Waals surface area contributed by atoms with Crippen LogP contribution < -0.4 is 16.0 Å². The molecule has 1 unspecified atom stereocenters. The standard InChI is InChI=1S/C23H24F3NO6.2C19H16F3NO4/c1-4-32-23(30)21-17(10-33-11(2)28)27-16(9-24)20(22(29)31-3)19(21)14-7-13(25)8-15(26)18(14)12-5-6-12;2*1-26-18(24)16-12(6-20)23-13-7-27-19(25)17(13)15(16)10-4-9(21)5-11(22)14(10)8-2-3-8/h7-8,12,19,27H,4-6,9-10H2,1-3H3;2*4-5,8,15,23H,2-3,6-7H2,1H3/t;2*15-/m.10/s1. The predicted octanol–water partition coefficient (Wildman–Crippen LogP) is 8.78. The Morgan fingerprint density at radius 3 is 1.14 bits per heavy atom. The molecule has 3 N–H and O–H groups in total. The minimum absolute atomic E-state index is 0.00812. The van der Waals surface area contributed by atoms with Crippen molar-refractivity contribution in [3.8, 4) is 0 Å².